The summed E-state index contributed by atoms with van der Waals surface area (Å²) >= 11 is 0. The fourth-order valence-corrected chi connectivity index (χ4v) is 5.38. The topological polar surface area (TPSA) is 108 Å². The van der Waals surface area contributed by atoms with E-state index in [0.29, 0.717) is 12.8 Å². The van der Waals surface area contributed by atoms with Crippen LogP contribution in [0.1, 0.15) is 155 Å². The minimum Gasteiger partial charge on any atom is -0.462 e. The highest BCUT2D eigenvalue weighted by atomic mass is 31.2. The second-order valence-corrected chi connectivity index (χ2v) is 14.2. The van der Waals surface area contributed by atoms with Gasteiger partial charge >= 0.3 is 19.8 Å². The summed E-state index contributed by atoms with van der Waals surface area (Å²) in [6.45, 7) is 3.70. The first kappa shape index (κ1) is 48.5. The molecule has 0 aliphatic rings. The lowest BCUT2D eigenvalue weighted by molar-refractivity contribution is -0.161. The monoisotopic (exact) mass is 734 g/mol. The maximum absolute atomic E-state index is 12.4. The molecule has 0 aromatic carbocycles. The van der Waals surface area contributed by atoms with Crippen LogP contribution in [-0.4, -0.2) is 43.3 Å². The van der Waals surface area contributed by atoms with Crippen LogP contribution < -0.4 is 0 Å². The number of phosphoric acid groups is 1. The number of hydrogen-bond donors (Lipinski definition) is 1. The van der Waals surface area contributed by atoms with E-state index in [2.05, 4.69) is 85.2 Å². The first-order valence-corrected chi connectivity index (χ1v) is 21.1. The van der Waals surface area contributed by atoms with Crippen LogP contribution in [0, 0.1) is 0 Å². The molecule has 1 N–H and O–H groups in total. The summed E-state index contributed by atoms with van der Waals surface area (Å²) in [4.78, 5) is 34.3. The molecule has 2 atom stereocenters. The fraction of sp³-hybridized carbons (Fsp3) is 0.667. The Bertz CT molecular complexity index is 1060. The van der Waals surface area contributed by atoms with E-state index in [1.807, 2.05) is 6.08 Å². The molecular formula is C42H71O8P. The van der Waals surface area contributed by atoms with Gasteiger partial charge < -0.3 is 14.4 Å². The van der Waals surface area contributed by atoms with E-state index < -0.39 is 32.5 Å². The third kappa shape index (κ3) is 37.1. The predicted molar refractivity (Wildman–Crippen MR) is 211 cm³/mol. The molecule has 0 aromatic heterocycles. The minimum absolute atomic E-state index is 0.161. The van der Waals surface area contributed by atoms with Crippen molar-refractivity contribution in [1.82, 2.24) is 0 Å². The molecule has 0 aromatic rings. The van der Waals surface area contributed by atoms with Crippen molar-refractivity contribution in [3.05, 3.63) is 72.9 Å². The van der Waals surface area contributed by atoms with Crippen LogP contribution in [0.15, 0.2) is 72.9 Å². The first-order valence-electron chi connectivity index (χ1n) is 19.6. The van der Waals surface area contributed by atoms with Crippen LogP contribution in [0.25, 0.3) is 0 Å². The molecule has 292 valence electrons. The SMILES string of the molecule is CC/C=C\C/C=C\C/C=C\C/C=C\C/C=C\CCCC(=O)OC(COC(=O)CCCCCCC/C=C\CCCCCCCC)COP(=O)(O)OC. The second kappa shape index (κ2) is 37.3. The number of unbranched alkanes of at least 4 members (excludes halogenated alkanes) is 12. The van der Waals surface area contributed by atoms with E-state index >= 15 is 0 Å². The highest BCUT2D eigenvalue weighted by molar-refractivity contribution is 7.47. The minimum atomic E-state index is -4.28. The lowest BCUT2D eigenvalue weighted by atomic mass is 10.1. The molecule has 9 heteroatoms. The number of ether oxygens (including phenoxy) is 2. The maximum atomic E-state index is 12.4. The molecule has 0 aliphatic carbocycles. The van der Waals surface area contributed by atoms with Crippen molar-refractivity contribution in [3.8, 4) is 0 Å². The van der Waals surface area contributed by atoms with Gasteiger partial charge in [0.1, 0.15) is 6.61 Å². The molecule has 0 saturated heterocycles. The summed E-state index contributed by atoms with van der Waals surface area (Å²) in [6, 6.07) is 0. The molecule has 8 nitrogen and oxygen atoms in total. The molecule has 0 amide bonds. The van der Waals surface area contributed by atoms with Gasteiger partial charge in [0.15, 0.2) is 6.10 Å². The molecule has 0 saturated carbocycles. The summed E-state index contributed by atoms with van der Waals surface area (Å²) in [7, 11) is -3.23. The largest absolute Gasteiger partial charge is 0.472 e. The molecule has 0 spiro atoms. The van der Waals surface area contributed by atoms with Crippen molar-refractivity contribution < 1.29 is 37.6 Å². The van der Waals surface area contributed by atoms with Gasteiger partial charge in [-0.25, -0.2) is 4.57 Å². The zero-order chi connectivity index (χ0) is 37.5. The van der Waals surface area contributed by atoms with Gasteiger partial charge in [0.25, 0.3) is 0 Å². The second-order valence-electron chi connectivity index (χ2n) is 12.7. The Balaban J connectivity index is 4.18. The van der Waals surface area contributed by atoms with Gasteiger partial charge in [-0.2, -0.15) is 0 Å². The normalized spacial score (nSPS) is 14.2. The van der Waals surface area contributed by atoms with Crippen LogP contribution in [0.5, 0.6) is 0 Å². The van der Waals surface area contributed by atoms with Gasteiger partial charge in [-0.1, -0.05) is 138 Å². The molecule has 0 radical (unpaired) electrons. The third-order valence-electron chi connectivity index (χ3n) is 7.93. The summed E-state index contributed by atoms with van der Waals surface area (Å²) in [6.07, 6.45) is 46.7. The zero-order valence-corrected chi connectivity index (χ0v) is 33.1. The number of phosphoric ester groups is 1. The molecule has 51 heavy (non-hydrogen) atoms. The molecule has 2 unspecified atom stereocenters. The van der Waals surface area contributed by atoms with Crippen molar-refractivity contribution in [3.63, 3.8) is 0 Å². The lowest BCUT2D eigenvalue weighted by Gasteiger charge is -2.19. The summed E-state index contributed by atoms with van der Waals surface area (Å²) < 4.78 is 31.8. The number of carbonyl (C=O) groups is 2. The molecule has 0 heterocycles. The molecule has 0 aliphatic heterocycles. The van der Waals surface area contributed by atoms with E-state index in [1.54, 1.807) is 0 Å². The summed E-state index contributed by atoms with van der Waals surface area (Å²) in [5, 5.41) is 0. The predicted octanol–water partition coefficient (Wildman–Crippen LogP) is 12.2. The first-order chi connectivity index (χ1) is 24.8. The van der Waals surface area contributed by atoms with Crippen molar-refractivity contribution in [2.24, 2.45) is 0 Å². The highest BCUT2D eigenvalue weighted by Gasteiger charge is 2.24. The summed E-state index contributed by atoms with van der Waals surface area (Å²) in [5.74, 6) is -0.888. The Labute approximate surface area is 311 Å². The van der Waals surface area contributed by atoms with Crippen LogP contribution in [0.3, 0.4) is 0 Å². The lowest BCUT2D eigenvalue weighted by Crippen LogP contribution is -2.29. The van der Waals surface area contributed by atoms with E-state index in [0.717, 1.165) is 77.7 Å². The van der Waals surface area contributed by atoms with Crippen molar-refractivity contribution >= 4 is 19.8 Å². The van der Waals surface area contributed by atoms with E-state index in [1.165, 1.54) is 44.9 Å². The highest BCUT2D eigenvalue weighted by Crippen LogP contribution is 2.42. The molecule has 0 rings (SSSR count). The Hall–Kier alpha value is -2.51. The van der Waals surface area contributed by atoms with Gasteiger partial charge in [-0.3, -0.25) is 18.6 Å². The smallest absolute Gasteiger partial charge is 0.462 e. The van der Waals surface area contributed by atoms with Crippen molar-refractivity contribution in [2.45, 2.75) is 161 Å². The number of allylic oxidation sites excluding steroid dienone is 12. The van der Waals surface area contributed by atoms with Gasteiger partial charge in [-0.05, 0) is 77.0 Å². The number of hydrogen-bond acceptors (Lipinski definition) is 7. The van der Waals surface area contributed by atoms with E-state index in [9.17, 15) is 19.0 Å². The van der Waals surface area contributed by atoms with Crippen LogP contribution in [0.4, 0.5) is 0 Å². The number of carbonyl (C=O) groups excluding carboxylic acids is 2. The Kier molecular flexibility index (Phi) is 35.4. The third-order valence-corrected chi connectivity index (χ3v) is 8.87. The van der Waals surface area contributed by atoms with Crippen LogP contribution >= 0.6 is 7.82 Å². The van der Waals surface area contributed by atoms with Crippen molar-refractivity contribution in [1.29, 1.82) is 0 Å². The van der Waals surface area contributed by atoms with Gasteiger partial charge in [0.2, 0.25) is 0 Å². The van der Waals surface area contributed by atoms with E-state index in [4.69, 9.17) is 14.0 Å². The molecular weight excluding hydrogens is 663 g/mol. The van der Waals surface area contributed by atoms with E-state index in [-0.39, 0.29) is 19.4 Å². The van der Waals surface area contributed by atoms with Crippen LogP contribution in [0.2, 0.25) is 0 Å². The molecule has 0 bridgehead atoms. The summed E-state index contributed by atoms with van der Waals surface area (Å²) in [5.41, 5.74) is 0. The standard InChI is InChI=1S/C42H71O8P/c1-4-6-8-10-12-14-16-18-20-21-23-25-27-29-31-33-35-37-42(44)50-40(39-49-51(45,46)47-3)38-48-41(43)36-34-32-30-28-26-24-22-19-17-15-13-11-9-7-5-2/h6,8,12,14,18-20,22-23,25,29,31,40H,4-5,7,9-11,13,15-17,21,24,26-28,30,32-39H2,1-3H3,(H,45,46)/b8-6-,14-12-,20-18-,22-19-,25-23-,31-29-. The average molecular weight is 735 g/mol. The number of esters is 2. The van der Waals surface area contributed by atoms with Gasteiger partial charge in [0.05, 0.1) is 6.61 Å². The van der Waals surface area contributed by atoms with Gasteiger partial charge in [0, 0.05) is 20.0 Å². The fourth-order valence-electron chi connectivity index (χ4n) is 4.92. The quantitative estimate of drug-likeness (QED) is 0.0297. The average Bonchev–Trinajstić information content (AvgIpc) is 3.12. The maximum Gasteiger partial charge on any atom is 0.472 e. The van der Waals surface area contributed by atoms with Crippen molar-refractivity contribution in [2.75, 3.05) is 20.3 Å². The zero-order valence-electron chi connectivity index (χ0n) is 32.2. The van der Waals surface area contributed by atoms with Gasteiger partial charge in [-0.15, -0.1) is 0 Å². The van der Waals surface area contributed by atoms with Crippen LogP contribution in [-0.2, 0) is 32.7 Å². The molecule has 0 fully saturated rings. The Morgan fingerprint density at radius 1 is 0.569 bits per heavy atom. The Morgan fingerprint density at radius 3 is 1.57 bits per heavy atom. The number of rotatable bonds is 35. The Morgan fingerprint density at radius 2 is 1.02 bits per heavy atom.